The number of rotatable bonds is 4. The van der Waals surface area contributed by atoms with Gasteiger partial charge in [-0.05, 0) is 62.4 Å². The molecule has 1 aromatic carbocycles. The van der Waals surface area contributed by atoms with Crippen molar-refractivity contribution in [2.45, 2.75) is 43.7 Å². The second-order valence-electron chi connectivity index (χ2n) is 7.08. The quantitative estimate of drug-likeness (QED) is 0.892. The van der Waals surface area contributed by atoms with Crippen molar-refractivity contribution in [3.63, 3.8) is 0 Å². The van der Waals surface area contributed by atoms with Gasteiger partial charge in [0.2, 0.25) is 0 Å². The van der Waals surface area contributed by atoms with Crippen molar-refractivity contribution in [2.24, 2.45) is 0 Å². The van der Waals surface area contributed by atoms with Crippen LogP contribution in [0.4, 0.5) is 8.78 Å². The van der Waals surface area contributed by atoms with Gasteiger partial charge < -0.3 is 5.11 Å². The van der Waals surface area contributed by atoms with Crippen LogP contribution in [0.5, 0.6) is 0 Å². The van der Waals surface area contributed by atoms with E-state index < -0.39 is 27.1 Å². The molecule has 2 aliphatic heterocycles. The summed E-state index contributed by atoms with van der Waals surface area (Å²) in [6.45, 7) is 1.18. The largest absolute Gasteiger partial charge is 0.388 e. The van der Waals surface area contributed by atoms with Crippen LogP contribution in [0.15, 0.2) is 18.2 Å². The fourth-order valence-electron chi connectivity index (χ4n) is 3.74. The Morgan fingerprint density at radius 2 is 1.96 bits per heavy atom. The van der Waals surface area contributed by atoms with E-state index in [1.165, 1.54) is 6.07 Å². The molecule has 0 saturated carbocycles. The first-order valence-corrected chi connectivity index (χ1v) is 10.2. The molecule has 2 saturated heterocycles. The first-order valence-electron chi connectivity index (χ1n) is 8.37. The molecule has 0 aromatic heterocycles. The van der Waals surface area contributed by atoms with Crippen molar-refractivity contribution in [1.29, 1.82) is 0 Å². The predicted molar refractivity (Wildman–Crippen MR) is 87.5 cm³/mol. The summed E-state index contributed by atoms with van der Waals surface area (Å²) in [5.41, 5.74) is -0.654. The van der Waals surface area contributed by atoms with Crippen LogP contribution in [0.2, 0.25) is 0 Å². The molecule has 134 valence electrons. The molecule has 1 atom stereocenters. The molecular formula is C17H23F2NO3S. The van der Waals surface area contributed by atoms with E-state index in [2.05, 4.69) is 4.90 Å². The third kappa shape index (κ3) is 4.13. The van der Waals surface area contributed by atoms with Crippen molar-refractivity contribution >= 4 is 9.84 Å². The van der Waals surface area contributed by atoms with Crippen LogP contribution in [-0.4, -0.2) is 54.7 Å². The van der Waals surface area contributed by atoms with Gasteiger partial charge in [0.1, 0.15) is 11.6 Å². The lowest BCUT2D eigenvalue weighted by Gasteiger charge is -2.37. The molecule has 0 spiro atoms. The van der Waals surface area contributed by atoms with Crippen LogP contribution in [0.3, 0.4) is 0 Å². The van der Waals surface area contributed by atoms with E-state index in [9.17, 15) is 22.3 Å². The van der Waals surface area contributed by atoms with Gasteiger partial charge in [0.15, 0.2) is 9.84 Å². The van der Waals surface area contributed by atoms with Crippen LogP contribution in [0.25, 0.3) is 0 Å². The van der Waals surface area contributed by atoms with Crippen LogP contribution < -0.4 is 0 Å². The topological polar surface area (TPSA) is 57.6 Å². The molecule has 1 unspecified atom stereocenters. The first kappa shape index (κ1) is 17.8. The maximum atomic E-state index is 13.9. The zero-order valence-electron chi connectivity index (χ0n) is 13.5. The molecule has 0 amide bonds. The smallest absolute Gasteiger partial charge is 0.150 e. The Kier molecular flexibility index (Phi) is 4.95. The molecule has 0 radical (unpaired) electrons. The Labute approximate surface area is 141 Å². The van der Waals surface area contributed by atoms with E-state index in [0.29, 0.717) is 18.5 Å². The third-order valence-electron chi connectivity index (χ3n) is 5.22. The minimum absolute atomic E-state index is 0.0144. The van der Waals surface area contributed by atoms with E-state index in [1.807, 2.05) is 0 Å². The summed E-state index contributed by atoms with van der Waals surface area (Å²) < 4.78 is 50.3. The van der Waals surface area contributed by atoms with Crippen molar-refractivity contribution < 1.29 is 22.3 Å². The average Bonchev–Trinajstić information content (AvgIpc) is 2.93. The van der Waals surface area contributed by atoms with Crippen molar-refractivity contribution in [1.82, 2.24) is 4.90 Å². The number of hydrogen-bond donors (Lipinski definition) is 1. The molecule has 24 heavy (non-hydrogen) atoms. The van der Waals surface area contributed by atoms with Gasteiger partial charge in [-0.2, -0.15) is 0 Å². The third-order valence-corrected chi connectivity index (χ3v) is 6.87. The highest BCUT2D eigenvalue weighted by Crippen LogP contribution is 2.29. The molecule has 7 heteroatoms. The number of benzene rings is 1. The SMILES string of the molecule is O=S1(=O)CCC(O)(CN2CCCC2Cc2cc(F)ccc2F)CC1. The molecule has 2 aliphatic rings. The number of likely N-dealkylation sites (tertiary alicyclic amines) is 1. The lowest BCUT2D eigenvalue weighted by Crippen LogP contribution is -2.49. The Morgan fingerprint density at radius 3 is 2.67 bits per heavy atom. The van der Waals surface area contributed by atoms with Crippen LogP contribution in [0.1, 0.15) is 31.2 Å². The predicted octanol–water partition coefficient (Wildman–Crippen LogP) is 1.91. The number of halogens is 2. The van der Waals surface area contributed by atoms with E-state index in [1.54, 1.807) is 0 Å². The van der Waals surface area contributed by atoms with Crippen LogP contribution in [0, 0.1) is 11.6 Å². The summed E-state index contributed by atoms with van der Waals surface area (Å²) in [7, 11) is -3.03. The van der Waals surface area contributed by atoms with Gasteiger partial charge in [0.25, 0.3) is 0 Å². The standard InChI is InChI=1S/C17H23F2NO3S/c18-14-3-4-16(19)13(10-14)11-15-2-1-7-20(15)12-17(21)5-8-24(22,23)9-6-17/h3-4,10,15,21H,1-2,5-9,11-12H2. The maximum absolute atomic E-state index is 13.9. The molecule has 3 rings (SSSR count). The summed E-state index contributed by atoms with van der Waals surface area (Å²) in [5.74, 6) is -0.834. The second-order valence-corrected chi connectivity index (χ2v) is 9.39. The highest BCUT2D eigenvalue weighted by molar-refractivity contribution is 7.91. The Bertz CT molecular complexity index is 694. The van der Waals surface area contributed by atoms with E-state index in [0.717, 1.165) is 31.5 Å². The highest BCUT2D eigenvalue weighted by Gasteiger charge is 2.39. The molecule has 1 N–H and O–H groups in total. The van der Waals surface area contributed by atoms with Gasteiger partial charge in [-0.1, -0.05) is 0 Å². The second kappa shape index (κ2) is 6.69. The molecule has 1 aromatic rings. The molecular weight excluding hydrogens is 336 g/mol. The van der Waals surface area contributed by atoms with Crippen molar-refractivity contribution in [2.75, 3.05) is 24.6 Å². The van der Waals surface area contributed by atoms with Gasteiger partial charge >= 0.3 is 0 Å². The zero-order valence-corrected chi connectivity index (χ0v) is 14.4. The van der Waals surface area contributed by atoms with Crippen molar-refractivity contribution in [3.05, 3.63) is 35.4 Å². The fourth-order valence-corrected chi connectivity index (χ4v) is 5.33. The Balaban J connectivity index is 1.66. The number of β-amino-alcohol motifs (C(OH)–C–C–N with tert-alkyl or cyclic N) is 1. The van der Waals surface area contributed by atoms with Crippen LogP contribution >= 0.6 is 0 Å². The summed E-state index contributed by atoms with van der Waals surface area (Å²) in [5, 5.41) is 10.7. The van der Waals surface area contributed by atoms with Gasteiger partial charge in [-0.3, -0.25) is 4.90 Å². The summed E-state index contributed by atoms with van der Waals surface area (Å²) >= 11 is 0. The van der Waals surface area contributed by atoms with Gasteiger partial charge in [0.05, 0.1) is 17.1 Å². The van der Waals surface area contributed by atoms with Gasteiger partial charge in [0, 0.05) is 12.6 Å². The van der Waals surface area contributed by atoms with Crippen LogP contribution in [-0.2, 0) is 16.3 Å². The Hall–Kier alpha value is -1.05. The minimum Gasteiger partial charge on any atom is -0.388 e. The molecule has 0 bridgehead atoms. The minimum atomic E-state index is -3.03. The van der Waals surface area contributed by atoms with Gasteiger partial charge in [-0.15, -0.1) is 0 Å². The number of aliphatic hydroxyl groups is 1. The molecule has 0 aliphatic carbocycles. The molecule has 2 fully saturated rings. The number of nitrogens with zero attached hydrogens (tertiary/aromatic N) is 1. The highest BCUT2D eigenvalue weighted by atomic mass is 32.2. The maximum Gasteiger partial charge on any atom is 0.150 e. The fraction of sp³-hybridized carbons (Fsp3) is 0.647. The lowest BCUT2D eigenvalue weighted by atomic mass is 9.95. The average molecular weight is 359 g/mol. The summed E-state index contributed by atoms with van der Waals surface area (Å²) in [4.78, 5) is 2.10. The Morgan fingerprint density at radius 1 is 1.25 bits per heavy atom. The molecule has 4 nitrogen and oxygen atoms in total. The van der Waals surface area contributed by atoms with Gasteiger partial charge in [-0.25, -0.2) is 17.2 Å². The lowest BCUT2D eigenvalue weighted by molar-refractivity contribution is -0.00818. The first-order chi connectivity index (χ1) is 11.3. The summed E-state index contributed by atoms with van der Waals surface area (Å²) in [6.07, 6.45) is 2.69. The van der Waals surface area contributed by atoms with E-state index in [-0.39, 0.29) is 30.4 Å². The number of sulfone groups is 1. The zero-order chi connectivity index (χ0) is 17.4. The van der Waals surface area contributed by atoms with Crippen molar-refractivity contribution in [3.8, 4) is 0 Å². The normalized spacial score (nSPS) is 26.5. The van der Waals surface area contributed by atoms with E-state index >= 15 is 0 Å². The summed E-state index contributed by atoms with van der Waals surface area (Å²) in [6, 6.07) is 3.53. The number of hydrogen-bond acceptors (Lipinski definition) is 4. The molecule has 2 heterocycles. The van der Waals surface area contributed by atoms with E-state index in [4.69, 9.17) is 0 Å². The monoisotopic (exact) mass is 359 g/mol.